The maximum Gasteiger partial charge on any atom is 0.0685 e. The lowest BCUT2D eigenvalue weighted by Crippen LogP contribution is -2.50. The first-order valence-electron chi connectivity index (χ1n) is 9.30. The van der Waals surface area contributed by atoms with Gasteiger partial charge in [0.15, 0.2) is 0 Å². The zero-order chi connectivity index (χ0) is 14.5. The minimum Gasteiger partial charge on any atom is -0.378 e. The van der Waals surface area contributed by atoms with Crippen molar-refractivity contribution in [2.45, 2.75) is 88.9 Å². The molecule has 1 N–H and O–H groups in total. The second-order valence-corrected chi connectivity index (χ2v) is 7.37. The predicted octanol–water partition coefficient (Wildman–Crippen LogP) is 3.66. The molecule has 2 aliphatic heterocycles. The lowest BCUT2D eigenvalue weighted by Gasteiger charge is -2.49. The SMILES string of the molecule is CCNC(CCC1CCCCO1)C1CCOC2(CCC2)C1. The fraction of sp³-hybridized carbons (Fsp3) is 1.00. The van der Waals surface area contributed by atoms with Gasteiger partial charge < -0.3 is 14.8 Å². The standard InChI is InChI=1S/C18H33NO2/c1-2-19-17(8-7-16-6-3-4-12-20-16)15-9-13-21-18(14-15)10-5-11-18/h15-17,19H,2-14H2,1H3. The fourth-order valence-corrected chi connectivity index (χ4v) is 4.50. The Morgan fingerprint density at radius 3 is 2.71 bits per heavy atom. The molecule has 3 unspecified atom stereocenters. The van der Waals surface area contributed by atoms with Gasteiger partial charge in [-0.1, -0.05) is 6.92 Å². The summed E-state index contributed by atoms with van der Waals surface area (Å²) in [4.78, 5) is 0. The molecule has 122 valence electrons. The molecular weight excluding hydrogens is 262 g/mol. The van der Waals surface area contributed by atoms with E-state index in [1.165, 1.54) is 64.2 Å². The molecule has 3 heteroatoms. The molecule has 3 aliphatic rings. The molecule has 0 aromatic heterocycles. The highest BCUT2D eigenvalue weighted by molar-refractivity contribution is 4.96. The number of ether oxygens (including phenoxy) is 2. The summed E-state index contributed by atoms with van der Waals surface area (Å²) in [6.45, 7) is 5.28. The Kier molecular flexibility index (Phi) is 5.58. The van der Waals surface area contributed by atoms with E-state index in [-0.39, 0.29) is 5.60 Å². The molecular formula is C18H33NO2. The van der Waals surface area contributed by atoms with Crippen molar-refractivity contribution in [1.29, 1.82) is 0 Å². The van der Waals surface area contributed by atoms with Crippen LogP contribution in [0, 0.1) is 5.92 Å². The Morgan fingerprint density at radius 2 is 2.05 bits per heavy atom. The number of rotatable bonds is 6. The third-order valence-electron chi connectivity index (χ3n) is 5.90. The predicted molar refractivity (Wildman–Crippen MR) is 85.5 cm³/mol. The van der Waals surface area contributed by atoms with Crippen LogP contribution in [0.25, 0.3) is 0 Å². The molecule has 1 aliphatic carbocycles. The Morgan fingerprint density at radius 1 is 1.14 bits per heavy atom. The zero-order valence-corrected chi connectivity index (χ0v) is 13.7. The molecule has 3 rings (SSSR count). The molecule has 2 saturated heterocycles. The minimum atomic E-state index is 0.276. The number of hydrogen-bond acceptors (Lipinski definition) is 3. The fourth-order valence-electron chi connectivity index (χ4n) is 4.50. The summed E-state index contributed by atoms with van der Waals surface area (Å²) < 4.78 is 12.0. The van der Waals surface area contributed by atoms with Crippen LogP contribution in [0.5, 0.6) is 0 Å². The van der Waals surface area contributed by atoms with Gasteiger partial charge in [-0.05, 0) is 76.7 Å². The highest BCUT2D eigenvalue weighted by Gasteiger charge is 2.44. The third kappa shape index (κ3) is 4.00. The van der Waals surface area contributed by atoms with E-state index in [9.17, 15) is 0 Å². The molecule has 0 aromatic rings. The third-order valence-corrected chi connectivity index (χ3v) is 5.90. The lowest BCUT2D eigenvalue weighted by atomic mass is 9.70. The van der Waals surface area contributed by atoms with Gasteiger partial charge in [-0.15, -0.1) is 0 Å². The molecule has 1 spiro atoms. The maximum absolute atomic E-state index is 6.10. The summed E-state index contributed by atoms with van der Waals surface area (Å²) in [6, 6.07) is 0.668. The van der Waals surface area contributed by atoms with Crippen molar-refractivity contribution < 1.29 is 9.47 Å². The van der Waals surface area contributed by atoms with Crippen LogP contribution in [0.1, 0.15) is 71.1 Å². The summed E-state index contributed by atoms with van der Waals surface area (Å²) >= 11 is 0. The Hall–Kier alpha value is -0.120. The lowest BCUT2D eigenvalue weighted by molar-refractivity contribution is -0.147. The molecule has 21 heavy (non-hydrogen) atoms. The van der Waals surface area contributed by atoms with Crippen molar-refractivity contribution in [3.05, 3.63) is 0 Å². The smallest absolute Gasteiger partial charge is 0.0685 e. The van der Waals surface area contributed by atoms with E-state index in [0.717, 1.165) is 25.7 Å². The summed E-state index contributed by atoms with van der Waals surface area (Å²) in [5.74, 6) is 0.808. The van der Waals surface area contributed by atoms with E-state index in [4.69, 9.17) is 9.47 Å². The second-order valence-electron chi connectivity index (χ2n) is 7.37. The van der Waals surface area contributed by atoms with Gasteiger partial charge in [-0.25, -0.2) is 0 Å². The average molecular weight is 295 g/mol. The Labute approximate surface area is 130 Å². The van der Waals surface area contributed by atoms with Crippen LogP contribution in [0.2, 0.25) is 0 Å². The molecule has 1 saturated carbocycles. The van der Waals surface area contributed by atoms with Gasteiger partial charge >= 0.3 is 0 Å². The van der Waals surface area contributed by atoms with Crippen molar-refractivity contribution in [1.82, 2.24) is 5.32 Å². The Bertz CT molecular complexity index is 310. The van der Waals surface area contributed by atoms with Crippen LogP contribution in [-0.2, 0) is 9.47 Å². The average Bonchev–Trinajstić information content (AvgIpc) is 2.51. The van der Waals surface area contributed by atoms with E-state index in [1.807, 2.05) is 0 Å². The van der Waals surface area contributed by atoms with Crippen LogP contribution >= 0.6 is 0 Å². The molecule has 2 heterocycles. The highest BCUT2D eigenvalue weighted by atomic mass is 16.5. The van der Waals surface area contributed by atoms with Crippen LogP contribution in [0.4, 0.5) is 0 Å². The zero-order valence-electron chi connectivity index (χ0n) is 13.7. The van der Waals surface area contributed by atoms with Gasteiger partial charge in [0.2, 0.25) is 0 Å². The van der Waals surface area contributed by atoms with Gasteiger partial charge in [0.25, 0.3) is 0 Å². The van der Waals surface area contributed by atoms with Crippen molar-refractivity contribution in [3.63, 3.8) is 0 Å². The quantitative estimate of drug-likeness (QED) is 0.811. The largest absolute Gasteiger partial charge is 0.378 e. The Balaban J connectivity index is 1.50. The van der Waals surface area contributed by atoms with Crippen LogP contribution in [-0.4, -0.2) is 37.5 Å². The first-order valence-corrected chi connectivity index (χ1v) is 9.30. The van der Waals surface area contributed by atoms with E-state index >= 15 is 0 Å². The first kappa shape index (κ1) is 15.8. The van der Waals surface area contributed by atoms with Gasteiger partial charge in [0.1, 0.15) is 0 Å². The normalized spacial score (nSPS) is 33.6. The van der Waals surface area contributed by atoms with E-state index in [1.54, 1.807) is 0 Å². The summed E-state index contributed by atoms with van der Waals surface area (Å²) in [5, 5.41) is 3.77. The van der Waals surface area contributed by atoms with Gasteiger partial charge in [-0.3, -0.25) is 0 Å². The molecule has 0 amide bonds. The van der Waals surface area contributed by atoms with Crippen LogP contribution in [0.15, 0.2) is 0 Å². The van der Waals surface area contributed by atoms with Crippen molar-refractivity contribution >= 4 is 0 Å². The van der Waals surface area contributed by atoms with E-state index in [0.29, 0.717) is 12.1 Å². The molecule has 3 nitrogen and oxygen atoms in total. The topological polar surface area (TPSA) is 30.5 Å². The van der Waals surface area contributed by atoms with Crippen LogP contribution in [0.3, 0.4) is 0 Å². The summed E-state index contributed by atoms with van der Waals surface area (Å²) in [7, 11) is 0. The number of hydrogen-bond donors (Lipinski definition) is 1. The minimum absolute atomic E-state index is 0.276. The summed E-state index contributed by atoms with van der Waals surface area (Å²) in [5.41, 5.74) is 0.276. The highest BCUT2D eigenvalue weighted by Crippen LogP contribution is 2.45. The number of nitrogens with one attached hydrogen (secondary N) is 1. The van der Waals surface area contributed by atoms with Gasteiger partial charge in [0, 0.05) is 19.3 Å². The van der Waals surface area contributed by atoms with Crippen LogP contribution < -0.4 is 5.32 Å². The van der Waals surface area contributed by atoms with Crippen molar-refractivity contribution in [2.24, 2.45) is 5.92 Å². The van der Waals surface area contributed by atoms with Gasteiger partial charge in [-0.2, -0.15) is 0 Å². The van der Waals surface area contributed by atoms with Crippen molar-refractivity contribution in [2.75, 3.05) is 19.8 Å². The molecule has 0 bridgehead atoms. The van der Waals surface area contributed by atoms with E-state index < -0.39 is 0 Å². The maximum atomic E-state index is 6.10. The van der Waals surface area contributed by atoms with Gasteiger partial charge in [0.05, 0.1) is 11.7 Å². The summed E-state index contributed by atoms with van der Waals surface area (Å²) in [6.07, 6.45) is 13.4. The molecule has 3 fully saturated rings. The molecule has 0 radical (unpaired) electrons. The first-order chi connectivity index (χ1) is 10.3. The van der Waals surface area contributed by atoms with E-state index in [2.05, 4.69) is 12.2 Å². The molecule has 0 aromatic carbocycles. The second kappa shape index (κ2) is 7.43. The van der Waals surface area contributed by atoms with Crippen molar-refractivity contribution in [3.8, 4) is 0 Å². The monoisotopic (exact) mass is 295 g/mol. The molecule has 3 atom stereocenters.